The van der Waals surface area contributed by atoms with Crippen LogP contribution in [0.5, 0.6) is 0 Å². The third-order valence-electron chi connectivity index (χ3n) is 1.57. The van der Waals surface area contributed by atoms with E-state index in [-0.39, 0.29) is 5.91 Å². The molecule has 0 radical (unpaired) electrons. The highest BCUT2D eigenvalue weighted by molar-refractivity contribution is 5.99. The van der Waals surface area contributed by atoms with Crippen LogP contribution in [0, 0.1) is 0 Å². The van der Waals surface area contributed by atoms with Crippen molar-refractivity contribution in [2.75, 3.05) is 0 Å². The molecule has 0 heterocycles. The summed E-state index contributed by atoms with van der Waals surface area (Å²) in [5, 5.41) is 3.91. The fourth-order valence-corrected chi connectivity index (χ4v) is 0.906. The first kappa shape index (κ1) is 22.5. The van der Waals surface area contributed by atoms with Gasteiger partial charge in [-0.25, -0.2) is 5.43 Å². The summed E-state index contributed by atoms with van der Waals surface area (Å²) in [5.74, 6) is -0.157. The Labute approximate surface area is 119 Å². The van der Waals surface area contributed by atoms with E-state index in [0.29, 0.717) is 0 Å². The Balaban J connectivity index is -0.000000375. The van der Waals surface area contributed by atoms with Crippen molar-refractivity contribution < 1.29 is 4.79 Å². The van der Waals surface area contributed by atoms with Crippen molar-refractivity contribution in [3.8, 4) is 0 Å². The van der Waals surface area contributed by atoms with Gasteiger partial charge in [-0.1, -0.05) is 71.9 Å². The number of hydrazone groups is 1. The second-order valence-electron chi connectivity index (χ2n) is 2.73. The molecule has 0 spiro atoms. The van der Waals surface area contributed by atoms with Gasteiger partial charge in [0.2, 0.25) is 5.91 Å². The topological polar surface area (TPSA) is 41.5 Å². The van der Waals surface area contributed by atoms with Gasteiger partial charge in [0.1, 0.15) is 0 Å². The first-order valence-electron chi connectivity index (χ1n) is 7.06. The molecule has 0 bridgehead atoms. The molecule has 1 rings (SSSR count). The molecule has 0 aliphatic carbocycles. The molecular formula is C16H30N2O. The Morgan fingerprint density at radius 1 is 0.895 bits per heavy atom. The predicted octanol–water partition coefficient (Wildman–Crippen LogP) is 4.63. The van der Waals surface area contributed by atoms with E-state index in [9.17, 15) is 4.79 Å². The first-order chi connectivity index (χ1) is 9.20. The van der Waals surface area contributed by atoms with E-state index in [0.717, 1.165) is 11.3 Å². The number of nitrogens with zero attached hydrogens (tertiary/aromatic N) is 1. The normalized spacial score (nSPS) is 8.53. The van der Waals surface area contributed by atoms with Crippen LogP contribution in [-0.2, 0) is 4.79 Å². The van der Waals surface area contributed by atoms with Crippen molar-refractivity contribution in [2.24, 2.45) is 5.10 Å². The largest absolute Gasteiger partial charge is 0.274 e. The molecule has 110 valence electrons. The Bertz CT molecular complexity index is 319. The summed E-state index contributed by atoms with van der Waals surface area (Å²) in [6.07, 6.45) is 0. The van der Waals surface area contributed by atoms with Crippen LogP contribution in [0.2, 0.25) is 0 Å². The lowest BCUT2D eigenvalue weighted by Gasteiger charge is -1.99. The fraction of sp³-hybridized carbons (Fsp3) is 0.500. The zero-order valence-corrected chi connectivity index (χ0v) is 13.7. The molecule has 0 saturated carbocycles. The van der Waals surface area contributed by atoms with Gasteiger partial charge in [0.05, 0.1) is 5.71 Å². The summed E-state index contributed by atoms with van der Waals surface area (Å²) in [5.41, 5.74) is 4.20. The molecule has 19 heavy (non-hydrogen) atoms. The minimum atomic E-state index is -0.157. The second-order valence-corrected chi connectivity index (χ2v) is 2.73. The third kappa shape index (κ3) is 14.3. The van der Waals surface area contributed by atoms with Gasteiger partial charge >= 0.3 is 0 Å². The van der Waals surface area contributed by atoms with E-state index in [1.165, 1.54) is 6.92 Å². The molecular weight excluding hydrogens is 236 g/mol. The van der Waals surface area contributed by atoms with Crippen LogP contribution in [0.3, 0.4) is 0 Å². The summed E-state index contributed by atoms with van der Waals surface area (Å²) in [7, 11) is 0. The number of carbonyl (C=O) groups is 1. The number of nitrogens with one attached hydrogen (secondary N) is 1. The van der Waals surface area contributed by atoms with Gasteiger partial charge in [-0.2, -0.15) is 5.10 Å². The standard InChI is InChI=1S/C10H12N2O.3C2H6/c1-8(11-12-9(2)13)10-6-4-3-5-7-10;3*1-2/h3-7H,1-2H3,(H,12,13);3*1-2H3/b11-8+;;;. The molecule has 1 aromatic rings. The van der Waals surface area contributed by atoms with Crippen LogP contribution in [0.15, 0.2) is 35.4 Å². The molecule has 0 saturated heterocycles. The molecule has 0 fully saturated rings. The van der Waals surface area contributed by atoms with Crippen LogP contribution in [0.1, 0.15) is 61.0 Å². The fourth-order valence-electron chi connectivity index (χ4n) is 0.906. The number of hydrogen-bond acceptors (Lipinski definition) is 2. The Kier molecular flexibility index (Phi) is 22.2. The van der Waals surface area contributed by atoms with Gasteiger partial charge in [0, 0.05) is 6.92 Å². The SMILES string of the molecule is CC.CC.CC.CC(=O)N/N=C(\C)c1ccccc1. The number of carbonyl (C=O) groups excluding carboxylic acids is 1. The Morgan fingerprint density at radius 2 is 1.32 bits per heavy atom. The molecule has 3 heteroatoms. The second kappa shape index (κ2) is 18.7. The average Bonchev–Trinajstić information content (AvgIpc) is 2.51. The maximum absolute atomic E-state index is 10.6. The minimum Gasteiger partial charge on any atom is -0.274 e. The molecule has 0 aliphatic rings. The first-order valence-corrected chi connectivity index (χ1v) is 7.06. The van der Waals surface area contributed by atoms with Gasteiger partial charge in [-0.3, -0.25) is 4.79 Å². The summed E-state index contributed by atoms with van der Waals surface area (Å²) in [4.78, 5) is 10.6. The number of benzene rings is 1. The summed E-state index contributed by atoms with van der Waals surface area (Å²) < 4.78 is 0. The Hall–Kier alpha value is -1.64. The van der Waals surface area contributed by atoms with E-state index >= 15 is 0 Å². The van der Waals surface area contributed by atoms with Crippen molar-refractivity contribution >= 4 is 11.6 Å². The molecule has 1 N–H and O–H groups in total. The van der Waals surface area contributed by atoms with Crippen LogP contribution < -0.4 is 5.43 Å². The summed E-state index contributed by atoms with van der Waals surface area (Å²) >= 11 is 0. The van der Waals surface area contributed by atoms with E-state index in [1.807, 2.05) is 78.8 Å². The lowest BCUT2D eigenvalue weighted by Crippen LogP contribution is -2.14. The van der Waals surface area contributed by atoms with Crippen molar-refractivity contribution in [1.29, 1.82) is 0 Å². The van der Waals surface area contributed by atoms with Crippen LogP contribution in [0.4, 0.5) is 0 Å². The van der Waals surface area contributed by atoms with Crippen molar-refractivity contribution in [2.45, 2.75) is 55.4 Å². The van der Waals surface area contributed by atoms with Crippen LogP contribution in [-0.4, -0.2) is 11.6 Å². The van der Waals surface area contributed by atoms with Crippen LogP contribution in [0.25, 0.3) is 0 Å². The predicted molar refractivity (Wildman–Crippen MR) is 86.5 cm³/mol. The zero-order valence-electron chi connectivity index (χ0n) is 13.7. The average molecular weight is 266 g/mol. The highest BCUT2D eigenvalue weighted by atomic mass is 16.2. The van der Waals surface area contributed by atoms with Gasteiger partial charge in [-0.15, -0.1) is 0 Å². The summed E-state index contributed by atoms with van der Waals surface area (Å²) in [6.45, 7) is 15.3. The smallest absolute Gasteiger partial charge is 0.236 e. The minimum absolute atomic E-state index is 0.157. The highest BCUT2D eigenvalue weighted by Crippen LogP contribution is 1.99. The molecule has 1 aromatic carbocycles. The van der Waals surface area contributed by atoms with Crippen molar-refractivity contribution in [3.05, 3.63) is 35.9 Å². The molecule has 0 aliphatic heterocycles. The Morgan fingerprint density at radius 3 is 1.68 bits per heavy atom. The third-order valence-corrected chi connectivity index (χ3v) is 1.57. The van der Waals surface area contributed by atoms with Crippen molar-refractivity contribution in [3.63, 3.8) is 0 Å². The zero-order chi connectivity index (χ0) is 15.7. The molecule has 3 nitrogen and oxygen atoms in total. The molecule has 1 amide bonds. The van der Waals surface area contributed by atoms with Gasteiger partial charge in [0.15, 0.2) is 0 Å². The maximum Gasteiger partial charge on any atom is 0.236 e. The summed E-state index contributed by atoms with van der Waals surface area (Å²) in [6, 6.07) is 9.70. The van der Waals surface area contributed by atoms with Crippen molar-refractivity contribution in [1.82, 2.24) is 5.43 Å². The van der Waals surface area contributed by atoms with E-state index in [2.05, 4.69) is 10.5 Å². The lowest BCUT2D eigenvalue weighted by atomic mass is 10.1. The van der Waals surface area contributed by atoms with Crippen LogP contribution >= 0.6 is 0 Å². The number of hydrogen-bond donors (Lipinski definition) is 1. The van der Waals surface area contributed by atoms with E-state index in [1.54, 1.807) is 0 Å². The number of amides is 1. The highest BCUT2D eigenvalue weighted by Gasteiger charge is 1.94. The van der Waals surface area contributed by atoms with Gasteiger partial charge in [0.25, 0.3) is 0 Å². The van der Waals surface area contributed by atoms with E-state index < -0.39 is 0 Å². The maximum atomic E-state index is 10.6. The van der Waals surface area contributed by atoms with Gasteiger partial charge in [-0.05, 0) is 12.5 Å². The quantitative estimate of drug-likeness (QED) is 0.615. The lowest BCUT2D eigenvalue weighted by molar-refractivity contribution is -0.118. The van der Waals surface area contributed by atoms with Gasteiger partial charge < -0.3 is 0 Å². The molecule has 0 aromatic heterocycles. The monoisotopic (exact) mass is 266 g/mol. The molecule has 0 atom stereocenters. The number of rotatable bonds is 2. The van der Waals surface area contributed by atoms with E-state index in [4.69, 9.17) is 0 Å². The molecule has 0 unspecified atom stereocenters.